The fraction of sp³-hybridized carbons (Fsp3) is 0.857. The summed E-state index contributed by atoms with van der Waals surface area (Å²) in [6.07, 6.45) is 1.74. The van der Waals surface area contributed by atoms with Gasteiger partial charge in [0.15, 0.2) is 0 Å². The maximum atomic E-state index is 8.70. The lowest BCUT2D eigenvalue weighted by Gasteiger charge is -2.10. The quantitative estimate of drug-likeness (QED) is 0.613. The summed E-state index contributed by atoms with van der Waals surface area (Å²) in [4.78, 5) is 0. The molecule has 18 heavy (non-hydrogen) atoms. The molecule has 0 amide bonds. The summed E-state index contributed by atoms with van der Waals surface area (Å²) >= 11 is 0. The van der Waals surface area contributed by atoms with E-state index < -0.39 is 0 Å². The Kier molecular flexibility index (Phi) is 8.84. The van der Waals surface area contributed by atoms with E-state index in [0.717, 1.165) is 12.8 Å². The van der Waals surface area contributed by atoms with Crippen LogP contribution in [-0.4, -0.2) is 13.1 Å². The van der Waals surface area contributed by atoms with Crippen molar-refractivity contribution in [1.29, 1.82) is 10.5 Å². The third-order valence-corrected chi connectivity index (χ3v) is 2.84. The SMILES string of the molecule is CC(C#N)CC(C)CN=NCC(C)CC(C)C#N. The van der Waals surface area contributed by atoms with Crippen LogP contribution >= 0.6 is 0 Å². The van der Waals surface area contributed by atoms with Crippen molar-refractivity contribution in [1.82, 2.24) is 0 Å². The van der Waals surface area contributed by atoms with E-state index in [0.29, 0.717) is 24.9 Å². The fourth-order valence-electron chi connectivity index (χ4n) is 1.86. The number of rotatable bonds is 8. The molecule has 0 N–H and O–H groups in total. The fourth-order valence-corrected chi connectivity index (χ4v) is 1.86. The molecule has 0 heterocycles. The molecule has 0 fully saturated rings. The van der Waals surface area contributed by atoms with Gasteiger partial charge in [-0.2, -0.15) is 20.8 Å². The van der Waals surface area contributed by atoms with Crippen molar-refractivity contribution in [2.45, 2.75) is 40.5 Å². The summed E-state index contributed by atoms with van der Waals surface area (Å²) in [5, 5.41) is 25.7. The molecule has 0 aliphatic carbocycles. The number of nitriles is 2. The highest BCUT2D eigenvalue weighted by Crippen LogP contribution is 2.13. The first-order valence-electron chi connectivity index (χ1n) is 6.62. The highest BCUT2D eigenvalue weighted by molar-refractivity contribution is 4.81. The molecule has 100 valence electrons. The van der Waals surface area contributed by atoms with E-state index in [1.807, 2.05) is 13.8 Å². The summed E-state index contributed by atoms with van der Waals surface area (Å²) in [5.74, 6) is 0.977. The lowest BCUT2D eigenvalue weighted by atomic mass is 9.98. The molecule has 0 aliphatic heterocycles. The van der Waals surface area contributed by atoms with E-state index in [-0.39, 0.29) is 11.8 Å². The average Bonchev–Trinajstić information content (AvgIpc) is 2.34. The Morgan fingerprint density at radius 3 is 1.39 bits per heavy atom. The minimum atomic E-state index is 0.0885. The number of azo groups is 1. The Hall–Kier alpha value is -1.42. The van der Waals surface area contributed by atoms with Crippen LogP contribution in [0.1, 0.15) is 40.5 Å². The van der Waals surface area contributed by atoms with Gasteiger partial charge in [-0.05, 0) is 38.5 Å². The smallest absolute Gasteiger partial charge is 0.0652 e. The molecule has 0 aromatic carbocycles. The maximum absolute atomic E-state index is 8.70. The van der Waals surface area contributed by atoms with Gasteiger partial charge in [0.2, 0.25) is 0 Å². The van der Waals surface area contributed by atoms with Gasteiger partial charge in [0.05, 0.1) is 25.2 Å². The van der Waals surface area contributed by atoms with Crippen molar-refractivity contribution in [3.8, 4) is 12.1 Å². The zero-order valence-electron chi connectivity index (χ0n) is 11.9. The van der Waals surface area contributed by atoms with E-state index >= 15 is 0 Å². The van der Waals surface area contributed by atoms with Gasteiger partial charge in [0, 0.05) is 11.8 Å². The van der Waals surface area contributed by atoms with Crippen molar-refractivity contribution >= 4 is 0 Å². The van der Waals surface area contributed by atoms with E-state index in [2.05, 4.69) is 36.2 Å². The van der Waals surface area contributed by atoms with Crippen LogP contribution in [0.3, 0.4) is 0 Å². The Labute approximate surface area is 111 Å². The molecule has 0 rings (SSSR count). The van der Waals surface area contributed by atoms with Gasteiger partial charge in [-0.15, -0.1) is 0 Å². The first-order valence-corrected chi connectivity index (χ1v) is 6.62. The van der Waals surface area contributed by atoms with Crippen molar-refractivity contribution < 1.29 is 0 Å². The first-order chi connectivity index (χ1) is 8.49. The van der Waals surface area contributed by atoms with Gasteiger partial charge >= 0.3 is 0 Å². The molecule has 4 nitrogen and oxygen atoms in total. The van der Waals surface area contributed by atoms with Gasteiger partial charge in [-0.25, -0.2) is 0 Å². The zero-order chi connectivity index (χ0) is 14.0. The number of hydrogen-bond donors (Lipinski definition) is 0. The molecule has 0 spiro atoms. The van der Waals surface area contributed by atoms with E-state index in [1.165, 1.54) is 0 Å². The predicted octanol–water partition coefficient (Wildman–Crippen LogP) is 3.81. The highest BCUT2D eigenvalue weighted by Gasteiger charge is 2.08. The van der Waals surface area contributed by atoms with E-state index in [9.17, 15) is 0 Å². The van der Waals surface area contributed by atoms with E-state index in [1.54, 1.807) is 0 Å². The lowest BCUT2D eigenvalue weighted by molar-refractivity contribution is 0.453. The third-order valence-electron chi connectivity index (χ3n) is 2.84. The first kappa shape index (κ1) is 16.6. The van der Waals surface area contributed by atoms with Crippen LogP contribution < -0.4 is 0 Å². The molecule has 0 aromatic heterocycles. The third kappa shape index (κ3) is 8.70. The molecular formula is C14H24N4. The number of nitrogens with zero attached hydrogens (tertiary/aromatic N) is 4. The van der Waals surface area contributed by atoms with Gasteiger partial charge in [-0.3, -0.25) is 0 Å². The average molecular weight is 248 g/mol. The Morgan fingerprint density at radius 2 is 1.11 bits per heavy atom. The summed E-state index contributed by atoms with van der Waals surface area (Å²) < 4.78 is 0. The van der Waals surface area contributed by atoms with Crippen LogP contribution in [0.25, 0.3) is 0 Å². The normalized spacial score (nSPS) is 17.7. The van der Waals surface area contributed by atoms with Crippen molar-refractivity contribution in [2.24, 2.45) is 33.9 Å². The topological polar surface area (TPSA) is 72.3 Å². The second kappa shape index (κ2) is 9.59. The number of hydrogen-bond acceptors (Lipinski definition) is 4. The second-order valence-corrected chi connectivity index (χ2v) is 5.39. The molecular weight excluding hydrogens is 224 g/mol. The Balaban J connectivity index is 3.78. The lowest BCUT2D eigenvalue weighted by Crippen LogP contribution is -2.06. The maximum Gasteiger partial charge on any atom is 0.0652 e. The van der Waals surface area contributed by atoms with Crippen molar-refractivity contribution in [2.75, 3.05) is 13.1 Å². The van der Waals surface area contributed by atoms with Gasteiger partial charge in [-0.1, -0.05) is 13.8 Å². The summed E-state index contributed by atoms with van der Waals surface area (Å²) in [6.45, 7) is 9.42. The summed E-state index contributed by atoms with van der Waals surface area (Å²) in [7, 11) is 0. The molecule has 0 bridgehead atoms. The van der Waals surface area contributed by atoms with Gasteiger partial charge in [0.25, 0.3) is 0 Å². The van der Waals surface area contributed by atoms with Gasteiger partial charge in [0.1, 0.15) is 0 Å². The molecule has 0 radical (unpaired) electrons. The molecule has 0 saturated heterocycles. The van der Waals surface area contributed by atoms with Crippen LogP contribution in [0.4, 0.5) is 0 Å². The minimum absolute atomic E-state index is 0.0885. The Morgan fingerprint density at radius 1 is 0.778 bits per heavy atom. The second-order valence-electron chi connectivity index (χ2n) is 5.39. The summed E-state index contributed by atoms with van der Waals surface area (Å²) in [6, 6.07) is 4.46. The summed E-state index contributed by atoms with van der Waals surface area (Å²) in [5.41, 5.74) is 0. The van der Waals surface area contributed by atoms with Crippen LogP contribution in [0.5, 0.6) is 0 Å². The predicted molar refractivity (Wildman–Crippen MR) is 71.7 cm³/mol. The Bertz CT molecular complexity index is 292. The molecule has 4 unspecified atom stereocenters. The molecule has 4 atom stereocenters. The monoisotopic (exact) mass is 248 g/mol. The van der Waals surface area contributed by atoms with Crippen molar-refractivity contribution in [3.05, 3.63) is 0 Å². The molecule has 0 aromatic rings. The van der Waals surface area contributed by atoms with Crippen LogP contribution in [-0.2, 0) is 0 Å². The standard InChI is InChI=1S/C14H24N4/c1-11(7-15)5-13(3)9-17-18-10-14(4)6-12(2)8-16/h11-14H,5-6,9-10H2,1-4H3. The molecule has 4 heteroatoms. The van der Waals surface area contributed by atoms with Crippen LogP contribution in [0.2, 0.25) is 0 Å². The largest absolute Gasteiger partial charge is 0.198 e. The molecule has 0 saturated carbocycles. The van der Waals surface area contributed by atoms with Crippen LogP contribution in [0, 0.1) is 46.3 Å². The highest BCUT2D eigenvalue weighted by atomic mass is 15.1. The van der Waals surface area contributed by atoms with E-state index in [4.69, 9.17) is 10.5 Å². The zero-order valence-corrected chi connectivity index (χ0v) is 11.9. The molecule has 0 aliphatic rings. The van der Waals surface area contributed by atoms with Crippen LogP contribution in [0.15, 0.2) is 10.2 Å². The van der Waals surface area contributed by atoms with Crippen molar-refractivity contribution in [3.63, 3.8) is 0 Å². The van der Waals surface area contributed by atoms with Gasteiger partial charge < -0.3 is 0 Å². The minimum Gasteiger partial charge on any atom is -0.198 e.